The molecule has 4 aromatic rings. The van der Waals surface area contributed by atoms with Crippen LogP contribution in [0.4, 0.5) is 5.69 Å². The van der Waals surface area contributed by atoms with Crippen LogP contribution in [0.15, 0.2) is 102 Å². The first kappa shape index (κ1) is 34.4. The van der Waals surface area contributed by atoms with Crippen molar-refractivity contribution < 1.29 is 18.0 Å². The van der Waals surface area contributed by atoms with Gasteiger partial charge in [0.15, 0.2) is 0 Å². The van der Waals surface area contributed by atoms with Crippen LogP contribution in [0.5, 0.6) is 0 Å². The zero-order valence-corrected chi connectivity index (χ0v) is 28.7. The zero-order chi connectivity index (χ0) is 33.6. The minimum absolute atomic E-state index is 0.0842. The maximum absolute atomic E-state index is 14.7. The van der Waals surface area contributed by atoms with E-state index >= 15 is 0 Å². The lowest BCUT2D eigenvalue weighted by atomic mass is 10.00. The average Bonchev–Trinajstić information content (AvgIpc) is 2.99. The topological polar surface area (TPSA) is 86.8 Å². The van der Waals surface area contributed by atoms with Gasteiger partial charge in [0, 0.05) is 18.5 Å². The van der Waals surface area contributed by atoms with Gasteiger partial charge in [0.05, 0.1) is 10.6 Å². The van der Waals surface area contributed by atoms with Crippen LogP contribution in [0.1, 0.15) is 54.2 Å². The number of nitrogens with one attached hydrogen (secondary N) is 1. The molecule has 0 aromatic heterocycles. The summed E-state index contributed by atoms with van der Waals surface area (Å²) in [7, 11) is -4.16. The molecule has 0 aliphatic carbocycles. The minimum Gasteiger partial charge on any atom is -0.350 e. The first-order chi connectivity index (χ1) is 21.7. The second-order valence-corrected chi connectivity index (χ2v) is 14.8. The number of benzene rings is 4. The summed E-state index contributed by atoms with van der Waals surface area (Å²) < 4.78 is 29.7. The molecule has 2 amide bonds. The molecule has 0 bridgehead atoms. The Morgan fingerprint density at radius 2 is 1.39 bits per heavy atom. The van der Waals surface area contributed by atoms with Crippen LogP contribution in [-0.2, 0) is 32.6 Å². The van der Waals surface area contributed by atoms with Crippen LogP contribution in [0, 0.1) is 27.7 Å². The maximum Gasteiger partial charge on any atom is 0.264 e. The Hall–Kier alpha value is -4.43. The van der Waals surface area contributed by atoms with E-state index in [1.54, 1.807) is 36.4 Å². The van der Waals surface area contributed by atoms with E-state index in [9.17, 15) is 18.0 Å². The smallest absolute Gasteiger partial charge is 0.264 e. The lowest BCUT2D eigenvalue weighted by molar-refractivity contribution is -0.140. The van der Waals surface area contributed by atoms with Gasteiger partial charge < -0.3 is 10.2 Å². The highest BCUT2D eigenvalue weighted by Gasteiger charge is 2.35. The van der Waals surface area contributed by atoms with E-state index in [4.69, 9.17) is 0 Å². The molecule has 0 saturated heterocycles. The van der Waals surface area contributed by atoms with Crippen LogP contribution in [-0.4, -0.2) is 43.3 Å². The van der Waals surface area contributed by atoms with Crippen LogP contribution in [0.25, 0.3) is 0 Å². The van der Waals surface area contributed by atoms with Crippen LogP contribution in [0.3, 0.4) is 0 Å². The lowest BCUT2D eigenvalue weighted by Gasteiger charge is -2.35. The molecule has 0 aliphatic rings. The maximum atomic E-state index is 14.7. The molecule has 1 N–H and O–H groups in total. The third-order valence-electron chi connectivity index (χ3n) is 8.04. The van der Waals surface area contributed by atoms with Crippen molar-refractivity contribution in [2.24, 2.45) is 0 Å². The van der Waals surface area contributed by atoms with Gasteiger partial charge in [-0.05, 0) is 101 Å². The number of aryl methyl sites for hydroxylation is 4. The van der Waals surface area contributed by atoms with Crippen molar-refractivity contribution in [1.29, 1.82) is 0 Å². The van der Waals surface area contributed by atoms with Gasteiger partial charge in [0.25, 0.3) is 10.0 Å². The van der Waals surface area contributed by atoms with Gasteiger partial charge in [-0.2, -0.15) is 0 Å². The highest BCUT2D eigenvalue weighted by Crippen LogP contribution is 2.27. The van der Waals surface area contributed by atoms with Gasteiger partial charge in [-0.3, -0.25) is 13.9 Å². The predicted octanol–water partition coefficient (Wildman–Crippen LogP) is 6.67. The summed E-state index contributed by atoms with van der Waals surface area (Å²) in [5, 5.41) is 3.07. The molecule has 242 valence electrons. The summed E-state index contributed by atoms with van der Waals surface area (Å²) in [5.74, 6) is -0.792. The molecule has 4 aromatic carbocycles. The van der Waals surface area contributed by atoms with Gasteiger partial charge in [-0.25, -0.2) is 8.42 Å². The number of hydrogen-bond acceptors (Lipinski definition) is 4. The van der Waals surface area contributed by atoms with Gasteiger partial charge in [0.1, 0.15) is 12.6 Å². The molecule has 0 radical (unpaired) electrons. The van der Waals surface area contributed by atoms with Crippen molar-refractivity contribution in [2.75, 3.05) is 10.8 Å². The fourth-order valence-electron chi connectivity index (χ4n) is 5.22. The summed E-state index contributed by atoms with van der Waals surface area (Å²) in [6.45, 7) is 13.0. The monoisotopic (exact) mass is 639 g/mol. The van der Waals surface area contributed by atoms with Crippen molar-refractivity contribution >= 4 is 27.5 Å². The van der Waals surface area contributed by atoms with Gasteiger partial charge in [-0.15, -0.1) is 0 Å². The summed E-state index contributed by atoms with van der Waals surface area (Å²) >= 11 is 0. The number of amides is 2. The Kier molecular flexibility index (Phi) is 10.7. The molecule has 8 heteroatoms. The Morgan fingerprint density at radius 3 is 2.00 bits per heavy atom. The number of carbonyl (C=O) groups excluding carboxylic acids is 2. The molecular weight excluding hydrogens is 595 g/mol. The lowest BCUT2D eigenvalue weighted by Crippen LogP contribution is -2.56. The number of anilines is 1. The van der Waals surface area contributed by atoms with E-state index in [1.165, 1.54) is 9.21 Å². The number of hydrogen-bond donors (Lipinski definition) is 1. The van der Waals surface area contributed by atoms with Crippen LogP contribution >= 0.6 is 0 Å². The normalized spacial score (nSPS) is 12.3. The zero-order valence-electron chi connectivity index (χ0n) is 27.9. The van der Waals surface area contributed by atoms with Crippen molar-refractivity contribution in [3.63, 3.8) is 0 Å². The second-order valence-electron chi connectivity index (χ2n) is 13.0. The fourth-order valence-corrected chi connectivity index (χ4v) is 6.63. The third-order valence-corrected chi connectivity index (χ3v) is 9.83. The van der Waals surface area contributed by atoms with E-state index in [0.717, 1.165) is 33.4 Å². The Labute approximate surface area is 274 Å². The third kappa shape index (κ3) is 8.63. The van der Waals surface area contributed by atoms with E-state index in [-0.39, 0.29) is 23.8 Å². The first-order valence-electron chi connectivity index (χ1n) is 15.5. The minimum atomic E-state index is -4.16. The molecule has 4 rings (SSSR count). The summed E-state index contributed by atoms with van der Waals surface area (Å²) in [4.78, 5) is 30.3. The Bertz CT molecular complexity index is 1780. The van der Waals surface area contributed by atoms with Crippen molar-refractivity contribution in [3.05, 3.63) is 130 Å². The molecule has 46 heavy (non-hydrogen) atoms. The van der Waals surface area contributed by atoms with Gasteiger partial charge >= 0.3 is 0 Å². The number of rotatable bonds is 11. The van der Waals surface area contributed by atoms with Crippen molar-refractivity contribution in [3.8, 4) is 0 Å². The second kappa shape index (κ2) is 14.3. The van der Waals surface area contributed by atoms with E-state index in [1.807, 2.05) is 109 Å². The molecule has 0 saturated carbocycles. The SMILES string of the molecule is Cc1ccc(S(=O)(=O)N(CC(=O)N(Cc2ccccc2C)[C@@H](Cc2ccccc2)C(=O)NC(C)(C)C)c2ccc(C)c(C)c2)cc1. The predicted molar refractivity (Wildman–Crippen MR) is 185 cm³/mol. The number of carbonyl (C=O) groups is 2. The van der Waals surface area contributed by atoms with Crippen LogP contribution in [0.2, 0.25) is 0 Å². The molecule has 0 aliphatic heterocycles. The van der Waals surface area contributed by atoms with Gasteiger partial charge in [-0.1, -0.05) is 78.4 Å². The van der Waals surface area contributed by atoms with Gasteiger partial charge in [0.2, 0.25) is 11.8 Å². The van der Waals surface area contributed by atoms with Crippen molar-refractivity contribution in [2.45, 2.75) is 77.9 Å². The van der Waals surface area contributed by atoms with Crippen molar-refractivity contribution in [1.82, 2.24) is 10.2 Å². The summed E-state index contributed by atoms with van der Waals surface area (Å²) in [6.07, 6.45) is 0.259. The Balaban J connectivity index is 1.84. The number of sulfonamides is 1. The first-order valence-corrected chi connectivity index (χ1v) is 17.0. The standard InChI is InChI=1S/C38H45N3O4S/c1-27-17-21-34(22-18-27)46(44,45)41(33-20-19-28(2)30(4)23-33)26-36(42)40(25-32-16-12-11-13-29(32)3)35(37(43)39-38(5,6)7)24-31-14-9-8-10-15-31/h8-23,35H,24-26H2,1-7H3,(H,39,43)/t35-/m0/s1. The summed E-state index contributed by atoms with van der Waals surface area (Å²) in [5.41, 5.74) is 5.38. The van der Waals surface area contributed by atoms with E-state index in [0.29, 0.717) is 5.69 Å². The fraction of sp³-hybridized carbons (Fsp3) is 0.316. The Morgan fingerprint density at radius 1 is 0.761 bits per heavy atom. The molecular formula is C38H45N3O4S. The summed E-state index contributed by atoms with van der Waals surface area (Å²) in [6, 6.07) is 28.3. The molecule has 0 spiro atoms. The van der Waals surface area contributed by atoms with E-state index in [2.05, 4.69) is 5.32 Å². The molecule has 0 fully saturated rings. The molecule has 1 atom stereocenters. The highest BCUT2D eigenvalue weighted by atomic mass is 32.2. The van der Waals surface area contributed by atoms with Crippen LogP contribution < -0.4 is 9.62 Å². The molecule has 7 nitrogen and oxygen atoms in total. The highest BCUT2D eigenvalue weighted by molar-refractivity contribution is 7.92. The average molecular weight is 640 g/mol. The number of nitrogens with zero attached hydrogens (tertiary/aromatic N) is 2. The largest absolute Gasteiger partial charge is 0.350 e. The molecule has 0 heterocycles. The quantitative estimate of drug-likeness (QED) is 0.199. The molecule has 0 unspecified atom stereocenters. The van der Waals surface area contributed by atoms with E-state index < -0.39 is 34.1 Å².